The third kappa shape index (κ3) is 6.32. The van der Waals surface area contributed by atoms with E-state index in [9.17, 15) is 14.4 Å². The van der Waals surface area contributed by atoms with Crippen LogP contribution in [0.5, 0.6) is 0 Å². The Balaban J connectivity index is 1.55. The molecule has 0 spiro atoms. The van der Waals surface area contributed by atoms with Gasteiger partial charge in [0.15, 0.2) is 5.16 Å². The van der Waals surface area contributed by atoms with Crippen molar-refractivity contribution in [2.75, 3.05) is 20.3 Å². The molecule has 188 valence electrons. The van der Waals surface area contributed by atoms with Crippen molar-refractivity contribution in [2.24, 2.45) is 0 Å². The first kappa shape index (κ1) is 25.4. The van der Waals surface area contributed by atoms with E-state index in [1.54, 1.807) is 22.8 Å². The van der Waals surface area contributed by atoms with Gasteiger partial charge in [0.2, 0.25) is 5.91 Å². The Morgan fingerprint density at radius 2 is 2.17 bits per heavy atom. The van der Waals surface area contributed by atoms with E-state index in [4.69, 9.17) is 14.5 Å². The molecule has 2 heterocycles. The Morgan fingerprint density at radius 3 is 2.89 bits per heavy atom. The van der Waals surface area contributed by atoms with E-state index in [-0.39, 0.29) is 17.6 Å². The zero-order valence-corrected chi connectivity index (χ0v) is 21.2. The van der Waals surface area contributed by atoms with Crippen LogP contribution in [0, 0.1) is 0 Å². The van der Waals surface area contributed by atoms with E-state index < -0.39 is 11.2 Å². The lowest BCUT2D eigenvalue weighted by atomic mass is 9.97. The third-order valence-electron chi connectivity index (χ3n) is 6.53. The van der Waals surface area contributed by atoms with Crippen molar-refractivity contribution >= 4 is 34.5 Å². The van der Waals surface area contributed by atoms with Gasteiger partial charge in [0.25, 0.3) is 5.56 Å². The first-order valence-corrected chi connectivity index (χ1v) is 13.2. The number of ether oxygens (including phenoxy) is 2. The van der Waals surface area contributed by atoms with Gasteiger partial charge in [-0.1, -0.05) is 23.4 Å². The molecular formula is C26H33N3O5S. The smallest absolute Gasteiger partial charge is 0.337 e. The van der Waals surface area contributed by atoms with Gasteiger partial charge in [-0.25, -0.2) is 9.78 Å². The second kappa shape index (κ2) is 11.9. The molecule has 35 heavy (non-hydrogen) atoms. The Bertz CT molecular complexity index is 1170. The summed E-state index contributed by atoms with van der Waals surface area (Å²) in [7, 11) is 1.31. The summed E-state index contributed by atoms with van der Waals surface area (Å²) in [5.41, 5.74) is 1.93. The normalized spacial score (nSPS) is 18.8. The first-order chi connectivity index (χ1) is 17.0. The summed E-state index contributed by atoms with van der Waals surface area (Å²) in [5, 5.41) is 3.44. The fourth-order valence-electron chi connectivity index (χ4n) is 4.52. The number of benzene rings is 1. The third-order valence-corrected chi connectivity index (χ3v) is 7.62. The second-order valence-electron chi connectivity index (χ2n) is 9.08. The highest BCUT2D eigenvalue weighted by Crippen LogP contribution is 2.25. The number of hydrogen-bond donors (Lipinski definition) is 1. The van der Waals surface area contributed by atoms with E-state index in [1.165, 1.54) is 37.3 Å². The van der Waals surface area contributed by atoms with E-state index in [1.807, 2.05) is 6.92 Å². The number of carbonyl (C=O) groups is 2. The number of aromatic nitrogens is 2. The van der Waals surface area contributed by atoms with Gasteiger partial charge < -0.3 is 14.8 Å². The van der Waals surface area contributed by atoms with Crippen molar-refractivity contribution in [1.82, 2.24) is 14.9 Å². The monoisotopic (exact) mass is 499 g/mol. The van der Waals surface area contributed by atoms with Gasteiger partial charge in [-0.15, -0.1) is 0 Å². The van der Waals surface area contributed by atoms with Gasteiger partial charge in [0.1, 0.15) is 0 Å². The maximum absolute atomic E-state index is 13.4. The molecule has 1 aromatic carbocycles. The first-order valence-electron chi connectivity index (χ1n) is 12.3. The molecular weight excluding hydrogens is 466 g/mol. The Morgan fingerprint density at radius 1 is 1.31 bits per heavy atom. The molecule has 2 atom stereocenters. The molecule has 4 rings (SSSR count). The maximum Gasteiger partial charge on any atom is 0.337 e. The molecule has 1 saturated heterocycles. The Hall–Kier alpha value is -2.65. The summed E-state index contributed by atoms with van der Waals surface area (Å²) in [4.78, 5) is 42.9. The van der Waals surface area contributed by atoms with Crippen LogP contribution in [0.3, 0.4) is 0 Å². The molecule has 9 heteroatoms. The van der Waals surface area contributed by atoms with Crippen molar-refractivity contribution in [1.29, 1.82) is 0 Å². The molecule has 0 saturated carbocycles. The van der Waals surface area contributed by atoms with E-state index in [0.717, 1.165) is 32.1 Å². The van der Waals surface area contributed by atoms with E-state index in [0.29, 0.717) is 41.3 Å². The average Bonchev–Trinajstić information content (AvgIpc) is 3.39. The van der Waals surface area contributed by atoms with Crippen LogP contribution in [-0.4, -0.2) is 53.0 Å². The molecule has 0 radical (unpaired) electrons. The van der Waals surface area contributed by atoms with Gasteiger partial charge in [0.05, 0.1) is 41.5 Å². The summed E-state index contributed by atoms with van der Waals surface area (Å²) in [6, 6.07) is 4.73. The number of thioether (sulfide) groups is 1. The predicted octanol–water partition coefficient (Wildman–Crippen LogP) is 3.85. The number of allylic oxidation sites excluding steroid dienone is 1. The quantitative estimate of drug-likeness (QED) is 0.242. The fraction of sp³-hybridized carbons (Fsp3) is 0.538. The van der Waals surface area contributed by atoms with Gasteiger partial charge in [0, 0.05) is 13.2 Å². The number of nitrogens with zero attached hydrogens (tertiary/aromatic N) is 2. The van der Waals surface area contributed by atoms with E-state index >= 15 is 0 Å². The van der Waals surface area contributed by atoms with Crippen molar-refractivity contribution < 1.29 is 19.1 Å². The minimum Gasteiger partial charge on any atom is -0.465 e. The summed E-state index contributed by atoms with van der Waals surface area (Å²) >= 11 is 1.25. The number of amides is 1. The van der Waals surface area contributed by atoms with Gasteiger partial charge in [-0.05, 0) is 70.1 Å². The van der Waals surface area contributed by atoms with Crippen LogP contribution in [0.2, 0.25) is 0 Å². The number of esters is 1. The Labute approximate surface area is 209 Å². The van der Waals surface area contributed by atoms with Crippen molar-refractivity contribution in [3.05, 3.63) is 45.8 Å². The molecule has 8 nitrogen and oxygen atoms in total. The number of nitrogens with one attached hydrogen (secondary N) is 1. The highest BCUT2D eigenvalue weighted by molar-refractivity contribution is 8.00. The molecule has 1 aliphatic carbocycles. The second-order valence-corrected chi connectivity index (χ2v) is 10.4. The summed E-state index contributed by atoms with van der Waals surface area (Å²) in [6.45, 7) is 3.48. The van der Waals surface area contributed by atoms with Crippen LogP contribution >= 0.6 is 11.8 Å². The SMILES string of the molecule is COC(=O)c1ccc2c(=O)n(CC3CCCO3)c(SC(C)C(=O)NCCC3=CCCCC3)nc2c1. The van der Waals surface area contributed by atoms with Crippen molar-refractivity contribution in [3.63, 3.8) is 0 Å². The topological polar surface area (TPSA) is 99.5 Å². The van der Waals surface area contributed by atoms with Crippen LogP contribution in [0.25, 0.3) is 10.9 Å². The molecule has 1 fully saturated rings. The summed E-state index contributed by atoms with van der Waals surface area (Å²) in [6.07, 6.45) is 9.65. The molecule has 2 unspecified atom stereocenters. The standard InChI is InChI=1S/C26H33N3O5S/c1-17(23(30)27-13-12-18-7-4-3-5-8-18)35-26-28-22-15-19(25(32)33-2)10-11-21(22)24(31)29(26)16-20-9-6-14-34-20/h7,10-11,15,17,20H,3-6,8-9,12-14,16H2,1-2H3,(H,27,30). The predicted molar refractivity (Wildman–Crippen MR) is 136 cm³/mol. The number of rotatable bonds is 9. The lowest BCUT2D eigenvalue weighted by Crippen LogP contribution is -2.33. The minimum absolute atomic E-state index is 0.0615. The number of hydrogen-bond acceptors (Lipinski definition) is 7. The fourth-order valence-corrected chi connectivity index (χ4v) is 5.46. The Kier molecular flexibility index (Phi) is 8.62. The van der Waals surface area contributed by atoms with Crippen molar-refractivity contribution in [3.8, 4) is 0 Å². The number of carbonyl (C=O) groups excluding carboxylic acids is 2. The summed E-state index contributed by atoms with van der Waals surface area (Å²) in [5.74, 6) is -0.583. The molecule has 1 aliphatic heterocycles. The highest BCUT2D eigenvalue weighted by atomic mass is 32.2. The van der Waals surface area contributed by atoms with E-state index in [2.05, 4.69) is 11.4 Å². The molecule has 2 aliphatic rings. The maximum atomic E-state index is 13.4. The minimum atomic E-state index is -0.493. The largest absolute Gasteiger partial charge is 0.465 e. The van der Waals surface area contributed by atoms with Crippen molar-refractivity contribution in [2.45, 2.75) is 74.9 Å². The lowest BCUT2D eigenvalue weighted by molar-refractivity contribution is -0.120. The zero-order valence-electron chi connectivity index (χ0n) is 20.4. The zero-order chi connectivity index (χ0) is 24.8. The molecule has 1 aromatic heterocycles. The summed E-state index contributed by atoms with van der Waals surface area (Å²) < 4.78 is 12.2. The number of methoxy groups -OCH3 is 1. The van der Waals surface area contributed by atoms with Gasteiger partial charge >= 0.3 is 5.97 Å². The van der Waals surface area contributed by atoms with Crippen LogP contribution < -0.4 is 10.9 Å². The molecule has 1 N–H and O–H groups in total. The average molecular weight is 500 g/mol. The highest BCUT2D eigenvalue weighted by Gasteiger charge is 2.23. The van der Waals surface area contributed by atoms with Crippen LogP contribution in [0.1, 0.15) is 62.2 Å². The lowest BCUT2D eigenvalue weighted by Gasteiger charge is -2.19. The molecule has 0 bridgehead atoms. The van der Waals surface area contributed by atoms with Gasteiger partial charge in [-0.3, -0.25) is 14.2 Å². The molecule has 2 aromatic rings. The molecule has 1 amide bonds. The number of fused-ring (bicyclic) bond motifs is 1. The van der Waals surface area contributed by atoms with Crippen LogP contribution in [0.4, 0.5) is 0 Å². The van der Waals surface area contributed by atoms with Crippen LogP contribution in [0.15, 0.2) is 39.8 Å². The van der Waals surface area contributed by atoms with Crippen LogP contribution in [-0.2, 0) is 20.8 Å². The van der Waals surface area contributed by atoms with Gasteiger partial charge in [-0.2, -0.15) is 0 Å².